The molecule has 0 amide bonds. The largest absolute Gasteiger partial charge is 0.497 e. The lowest BCUT2D eigenvalue weighted by atomic mass is 10.0. The number of carbonyl (C=O) groups is 1. The lowest BCUT2D eigenvalue weighted by molar-refractivity contribution is 0.0839. The smallest absolute Gasteiger partial charge is 0.181 e. The first-order chi connectivity index (χ1) is 9.11. The summed E-state index contributed by atoms with van der Waals surface area (Å²) in [6.45, 7) is 2.80. The SMILES string of the molecule is COc1cccc(C(=O)C2CN(C)CCCN2C)c1. The zero-order valence-electron chi connectivity index (χ0n) is 11.9. The number of ether oxygens (including phenoxy) is 1. The Kier molecular flexibility index (Phi) is 4.56. The van der Waals surface area contributed by atoms with E-state index in [1.807, 2.05) is 31.3 Å². The molecule has 1 aliphatic rings. The molecule has 0 aliphatic carbocycles. The van der Waals surface area contributed by atoms with E-state index in [0.29, 0.717) is 0 Å². The second-order valence-electron chi connectivity index (χ2n) is 5.21. The molecule has 0 aromatic heterocycles. The summed E-state index contributed by atoms with van der Waals surface area (Å²) < 4.78 is 5.19. The van der Waals surface area contributed by atoms with E-state index in [-0.39, 0.29) is 11.8 Å². The predicted molar refractivity (Wildman–Crippen MR) is 75.9 cm³/mol. The fourth-order valence-corrected chi connectivity index (χ4v) is 2.52. The number of Topliss-reactive ketones (excluding diaryl/α,β-unsaturated/α-hetero) is 1. The van der Waals surface area contributed by atoms with Crippen molar-refractivity contribution in [2.45, 2.75) is 12.5 Å². The Labute approximate surface area is 115 Å². The highest BCUT2D eigenvalue weighted by molar-refractivity contribution is 6.00. The zero-order valence-corrected chi connectivity index (χ0v) is 11.9. The minimum Gasteiger partial charge on any atom is -0.497 e. The van der Waals surface area contributed by atoms with Gasteiger partial charge >= 0.3 is 0 Å². The number of carbonyl (C=O) groups excluding carboxylic acids is 1. The predicted octanol–water partition coefficient (Wildman–Crippen LogP) is 1.51. The molecular weight excluding hydrogens is 240 g/mol. The number of hydrogen-bond acceptors (Lipinski definition) is 4. The summed E-state index contributed by atoms with van der Waals surface area (Å²) in [4.78, 5) is 17.0. The van der Waals surface area contributed by atoms with Crippen LogP contribution in [0.4, 0.5) is 0 Å². The molecule has 1 heterocycles. The number of nitrogens with zero attached hydrogens (tertiary/aromatic N) is 2. The van der Waals surface area contributed by atoms with E-state index in [9.17, 15) is 4.79 Å². The summed E-state index contributed by atoms with van der Waals surface area (Å²) in [5, 5.41) is 0. The van der Waals surface area contributed by atoms with E-state index in [0.717, 1.165) is 37.4 Å². The van der Waals surface area contributed by atoms with Gasteiger partial charge in [-0.3, -0.25) is 9.69 Å². The summed E-state index contributed by atoms with van der Waals surface area (Å²) in [5.41, 5.74) is 0.728. The third-order valence-electron chi connectivity index (χ3n) is 3.72. The molecule has 1 atom stereocenters. The molecule has 0 radical (unpaired) electrons. The van der Waals surface area contributed by atoms with Gasteiger partial charge in [-0.15, -0.1) is 0 Å². The molecule has 4 heteroatoms. The van der Waals surface area contributed by atoms with E-state index >= 15 is 0 Å². The average Bonchev–Trinajstić information content (AvgIpc) is 2.59. The van der Waals surface area contributed by atoms with Gasteiger partial charge in [0.05, 0.1) is 13.2 Å². The van der Waals surface area contributed by atoms with Crippen molar-refractivity contribution < 1.29 is 9.53 Å². The van der Waals surface area contributed by atoms with E-state index in [1.165, 1.54) is 0 Å². The molecule has 104 valence electrons. The molecule has 1 aliphatic heterocycles. The van der Waals surface area contributed by atoms with Gasteiger partial charge in [0.1, 0.15) is 5.75 Å². The van der Waals surface area contributed by atoms with E-state index in [1.54, 1.807) is 7.11 Å². The van der Waals surface area contributed by atoms with Crippen molar-refractivity contribution in [1.82, 2.24) is 9.80 Å². The summed E-state index contributed by atoms with van der Waals surface area (Å²) in [7, 11) is 5.72. The van der Waals surface area contributed by atoms with Gasteiger partial charge < -0.3 is 9.64 Å². The van der Waals surface area contributed by atoms with Crippen LogP contribution in [0.15, 0.2) is 24.3 Å². The second-order valence-corrected chi connectivity index (χ2v) is 5.21. The minimum absolute atomic E-state index is 0.0698. The molecular formula is C15H22N2O2. The normalized spacial score (nSPS) is 21.9. The van der Waals surface area contributed by atoms with Crippen molar-refractivity contribution in [1.29, 1.82) is 0 Å². The van der Waals surface area contributed by atoms with E-state index < -0.39 is 0 Å². The molecule has 1 aromatic carbocycles. The lowest BCUT2D eigenvalue weighted by Gasteiger charge is -2.26. The van der Waals surface area contributed by atoms with Gasteiger partial charge in [-0.1, -0.05) is 12.1 Å². The molecule has 2 rings (SSSR count). The maximum absolute atomic E-state index is 12.7. The Morgan fingerprint density at radius 2 is 2.11 bits per heavy atom. The molecule has 0 saturated carbocycles. The van der Waals surface area contributed by atoms with Crippen LogP contribution in [0.25, 0.3) is 0 Å². The van der Waals surface area contributed by atoms with Crippen LogP contribution in [0, 0.1) is 0 Å². The molecule has 1 aromatic rings. The van der Waals surface area contributed by atoms with Crippen LogP contribution in [0.5, 0.6) is 5.75 Å². The molecule has 19 heavy (non-hydrogen) atoms. The first-order valence-corrected chi connectivity index (χ1v) is 6.69. The van der Waals surface area contributed by atoms with Crippen molar-refractivity contribution in [2.24, 2.45) is 0 Å². The summed E-state index contributed by atoms with van der Waals surface area (Å²) >= 11 is 0. The highest BCUT2D eigenvalue weighted by Crippen LogP contribution is 2.17. The molecule has 0 N–H and O–H groups in total. The van der Waals surface area contributed by atoms with E-state index in [4.69, 9.17) is 4.74 Å². The Balaban J connectivity index is 2.20. The third kappa shape index (κ3) is 3.33. The fraction of sp³-hybridized carbons (Fsp3) is 0.533. The van der Waals surface area contributed by atoms with Crippen molar-refractivity contribution in [3.8, 4) is 5.75 Å². The number of ketones is 1. The van der Waals surface area contributed by atoms with Crippen molar-refractivity contribution in [3.05, 3.63) is 29.8 Å². The van der Waals surface area contributed by atoms with Crippen molar-refractivity contribution in [2.75, 3.05) is 40.8 Å². The van der Waals surface area contributed by atoms with Crippen LogP contribution >= 0.6 is 0 Å². The minimum atomic E-state index is -0.0698. The average molecular weight is 262 g/mol. The highest BCUT2D eigenvalue weighted by atomic mass is 16.5. The van der Waals surface area contributed by atoms with Crippen LogP contribution in [-0.4, -0.2) is 62.5 Å². The highest BCUT2D eigenvalue weighted by Gasteiger charge is 2.27. The number of hydrogen-bond donors (Lipinski definition) is 0. The number of likely N-dealkylation sites (N-methyl/N-ethyl adjacent to an activating group) is 2. The molecule has 4 nitrogen and oxygen atoms in total. The zero-order chi connectivity index (χ0) is 13.8. The number of rotatable bonds is 3. The van der Waals surface area contributed by atoms with Gasteiger partial charge in [0.15, 0.2) is 5.78 Å². The van der Waals surface area contributed by atoms with Crippen molar-refractivity contribution in [3.63, 3.8) is 0 Å². The van der Waals surface area contributed by atoms with Crippen LogP contribution < -0.4 is 4.74 Å². The quantitative estimate of drug-likeness (QED) is 0.773. The third-order valence-corrected chi connectivity index (χ3v) is 3.72. The Morgan fingerprint density at radius 1 is 1.32 bits per heavy atom. The standard InChI is InChI=1S/C15H22N2O2/c1-16-8-5-9-17(2)14(11-16)15(18)12-6-4-7-13(10-12)19-3/h4,6-7,10,14H,5,8-9,11H2,1-3H3. The van der Waals surface area contributed by atoms with Crippen LogP contribution in [0.3, 0.4) is 0 Å². The Morgan fingerprint density at radius 3 is 2.84 bits per heavy atom. The maximum atomic E-state index is 12.7. The first-order valence-electron chi connectivity index (χ1n) is 6.69. The maximum Gasteiger partial charge on any atom is 0.181 e. The topological polar surface area (TPSA) is 32.8 Å². The van der Waals surface area contributed by atoms with Gasteiger partial charge in [-0.2, -0.15) is 0 Å². The molecule has 1 saturated heterocycles. The monoisotopic (exact) mass is 262 g/mol. The summed E-state index contributed by atoms with van der Waals surface area (Å²) in [5.74, 6) is 0.908. The van der Waals surface area contributed by atoms with Crippen molar-refractivity contribution >= 4 is 5.78 Å². The first kappa shape index (κ1) is 14.0. The van der Waals surface area contributed by atoms with Crippen LogP contribution in [0.2, 0.25) is 0 Å². The fourth-order valence-electron chi connectivity index (χ4n) is 2.52. The van der Waals surface area contributed by atoms with Gasteiger partial charge in [0.25, 0.3) is 0 Å². The molecule has 0 spiro atoms. The Hall–Kier alpha value is -1.39. The van der Waals surface area contributed by atoms with E-state index in [2.05, 4.69) is 16.8 Å². The van der Waals surface area contributed by atoms with Gasteiger partial charge in [-0.25, -0.2) is 0 Å². The second kappa shape index (κ2) is 6.17. The lowest BCUT2D eigenvalue weighted by Crippen LogP contribution is -2.43. The van der Waals surface area contributed by atoms with Gasteiger partial charge in [0.2, 0.25) is 0 Å². The molecule has 0 bridgehead atoms. The number of benzene rings is 1. The summed E-state index contributed by atoms with van der Waals surface area (Å²) in [6, 6.07) is 7.34. The molecule has 1 fully saturated rings. The summed E-state index contributed by atoms with van der Waals surface area (Å²) in [6.07, 6.45) is 1.11. The van der Waals surface area contributed by atoms with Crippen LogP contribution in [-0.2, 0) is 0 Å². The van der Waals surface area contributed by atoms with Gasteiger partial charge in [-0.05, 0) is 45.7 Å². The molecule has 1 unspecified atom stereocenters. The van der Waals surface area contributed by atoms with Gasteiger partial charge in [0, 0.05) is 12.1 Å². The van der Waals surface area contributed by atoms with Crippen LogP contribution in [0.1, 0.15) is 16.8 Å². The Bertz CT molecular complexity index is 448. The number of methoxy groups -OCH3 is 1.